The predicted octanol–water partition coefficient (Wildman–Crippen LogP) is 1.87. The van der Waals surface area contributed by atoms with E-state index in [9.17, 15) is 9.90 Å². The average Bonchev–Trinajstić information content (AvgIpc) is 2.80. The van der Waals surface area contributed by atoms with Gasteiger partial charge in [0.1, 0.15) is 0 Å². The molecule has 1 aliphatic rings. The van der Waals surface area contributed by atoms with Crippen LogP contribution in [0.1, 0.15) is 23.1 Å². The molecule has 1 aromatic heterocycles. The van der Waals surface area contributed by atoms with E-state index in [0.29, 0.717) is 0 Å². The number of thioether (sulfide) groups is 1. The van der Waals surface area contributed by atoms with E-state index in [2.05, 4.69) is 23.2 Å². The molecule has 1 heterocycles. The number of aliphatic carboxylic acids is 1. The number of carbonyl (C=O) groups is 1. The van der Waals surface area contributed by atoms with Gasteiger partial charge in [0.2, 0.25) is 0 Å². The van der Waals surface area contributed by atoms with Crippen molar-refractivity contribution in [1.29, 1.82) is 0 Å². The first-order valence-corrected chi connectivity index (χ1v) is 7.38. The highest BCUT2D eigenvalue weighted by Crippen LogP contribution is 2.29. The highest BCUT2D eigenvalue weighted by Gasteiger charge is 2.13. The van der Waals surface area contributed by atoms with Gasteiger partial charge in [-0.2, -0.15) is 0 Å². The Morgan fingerprint density at radius 3 is 2.79 bits per heavy atom. The summed E-state index contributed by atoms with van der Waals surface area (Å²) in [4.78, 5) is 15.1. The first kappa shape index (κ1) is 12.5. The number of aromatic nitrogens is 1. The quantitative estimate of drug-likeness (QED) is 0.800. The monoisotopic (exact) mass is 272 g/mol. The van der Waals surface area contributed by atoms with Crippen LogP contribution in [0.15, 0.2) is 23.2 Å². The molecule has 19 heavy (non-hydrogen) atoms. The maximum atomic E-state index is 10.5. The second kappa shape index (κ2) is 4.85. The summed E-state index contributed by atoms with van der Waals surface area (Å²) >= 11 is 1.23. The average molecular weight is 272 g/mol. The highest BCUT2D eigenvalue weighted by atomic mass is 32.2. The molecule has 0 saturated heterocycles. The normalized spacial score (nSPS) is 13.7. The molecule has 2 aromatic rings. The largest absolute Gasteiger partial charge is 0.549 e. The smallest absolute Gasteiger partial charge is 0.1000 e. The molecule has 0 fully saturated rings. The molecular formula is C15H14NO2S-. The van der Waals surface area contributed by atoms with Crippen LogP contribution < -0.4 is 5.11 Å². The fourth-order valence-electron chi connectivity index (χ4n) is 2.61. The van der Waals surface area contributed by atoms with Crippen molar-refractivity contribution in [3.63, 3.8) is 0 Å². The zero-order valence-electron chi connectivity index (χ0n) is 10.7. The van der Waals surface area contributed by atoms with Crippen LogP contribution >= 0.6 is 11.8 Å². The molecule has 0 radical (unpaired) electrons. The lowest BCUT2D eigenvalue weighted by molar-refractivity contribution is -0.301. The standard InChI is InChI=1S/C15H15NO2S/c1-9-5-12-6-10-3-2-4-11(10)7-13(12)16-15(9)19-8-14(17)18/h5-7H,2-4,8H2,1H3,(H,17,18)/p-1. The van der Waals surface area contributed by atoms with Crippen LogP contribution in [0.4, 0.5) is 0 Å². The van der Waals surface area contributed by atoms with Gasteiger partial charge in [-0.1, -0.05) is 0 Å². The Morgan fingerprint density at radius 2 is 2.05 bits per heavy atom. The van der Waals surface area contributed by atoms with Gasteiger partial charge >= 0.3 is 0 Å². The summed E-state index contributed by atoms with van der Waals surface area (Å²) in [6.45, 7) is 1.97. The van der Waals surface area contributed by atoms with Crippen molar-refractivity contribution < 1.29 is 9.90 Å². The van der Waals surface area contributed by atoms with Crippen LogP contribution in [-0.2, 0) is 17.6 Å². The van der Waals surface area contributed by atoms with Gasteiger partial charge in [0.05, 0.1) is 16.5 Å². The van der Waals surface area contributed by atoms with E-state index in [0.717, 1.165) is 34.3 Å². The Labute approximate surface area is 116 Å². The number of nitrogens with zero attached hydrogens (tertiary/aromatic N) is 1. The summed E-state index contributed by atoms with van der Waals surface area (Å²) in [6, 6.07) is 6.48. The van der Waals surface area contributed by atoms with Crippen LogP contribution in [0.2, 0.25) is 0 Å². The van der Waals surface area contributed by atoms with Crippen molar-refractivity contribution in [1.82, 2.24) is 4.98 Å². The van der Waals surface area contributed by atoms with Crippen molar-refractivity contribution in [2.24, 2.45) is 0 Å². The summed E-state index contributed by atoms with van der Waals surface area (Å²) in [5, 5.41) is 12.5. The number of hydrogen-bond donors (Lipinski definition) is 0. The third-order valence-corrected chi connectivity index (χ3v) is 4.57. The van der Waals surface area contributed by atoms with Gasteiger partial charge in [0.25, 0.3) is 0 Å². The molecule has 0 atom stereocenters. The van der Waals surface area contributed by atoms with Gasteiger partial charge in [-0.15, -0.1) is 11.8 Å². The van der Waals surface area contributed by atoms with Crippen molar-refractivity contribution in [2.45, 2.75) is 31.2 Å². The molecule has 0 bridgehead atoms. The minimum absolute atomic E-state index is 0.0513. The van der Waals surface area contributed by atoms with E-state index in [1.54, 1.807) is 0 Å². The van der Waals surface area contributed by atoms with Crippen LogP contribution in [-0.4, -0.2) is 16.7 Å². The van der Waals surface area contributed by atoms with Gasteiger partial charge < -0.3 is 9.90 Å². The van der Waals surface area contributed by atoms with Crippen molar-refractivity contribution >= 4 is 28.6 Å². The molecule has 0 unspecified atom stereocenters. The van der Waals surface area contributed by atoms with E-state index >= 15 is 0 Å². The van der Waals surface area contributed by atoms with Gasteiger partial charge in [-0.05, 0) is 61.1 Å². The molecule has 0 N–H and O–H groups in total. The van der Waals surface area contributed by atoms with Crippen molar-refractivity contribution in [3.05, 3.63) is 34.9 Å². The Balaban J connectivity index is 2.03. The fraction of sp³-hybridized carbons (Fsp3) is 0.333. The maximum Gasteiger partial charge on any atom is 0.1000 e. The lowest BCUT2D eigenvalue weighted by Crippen LogP contribution is -2.24. The first-order valence-electron chi connectivity index (χ1n) is 6.39. The molecule has 0 saturated carbocycles. The van der Waals surface area contributed by atoms with E-state index in [1.165, 1.54) is 29.3 Å². The molecule has 3 rings (SSSR count). The summed E-state index contributed by atoms with van der Waals surface area (Å²) in [7, 11) is 0. The third kappa shape index (κ3) is 2.45. The number of benzene rings is 1. The lowest BCUT2D eigenvalue weighted by Gasteiger charge is -2.09. The number of carbonyl (C=O) groups excluding carboxylic acids is 1. The van der Waals surface area contributed by atoms with Crippen molar-refractivity contribution in [3.8, 4) is 0 Å². The SMILES string of the molecule is Cc1cc2cc3c(cc2nc1SCC(=O)[O-])CCC3. The van der Waals surface area contributed by atoms with Crippen LogP contribution in [0.3, 0.4) is 0 Å². The molecule has 0 spiro atoms. The van der Waals surface area contributed by atoms with E-state index < -0.39 is 5.97 Å². The van der Waals surface area contributed by atoms with Gasteiger partial charge in [-0.25, -0.2) is 4.98 Å². The summed E-state index contributed by atoms with van der Waals surface area (Å²) in [5.41, 5.74) is 4.81. The van der Waals surface area contributed by atoms with Crippen LogP contribution in [0.5, 0.6) is 0 Å². The van der Waals surface area contributed by atoms with E-state index in [1.807, 2.05) is 6.92 Å². The Hall–Kier alpha value is -1.55. The molecule has 3 nitrogen and oxygen atoms in total. The third-order valence-electron chi connectivity index (χ3n) is 3.50. The molecule has 4 heteroatoms. The highest BCUT2D eigenvalue weighted by molar-refractivity contribution is 7.99. The minimum Gasteiger partial charge on any atom is -0.549 e. The number of rotatable bonds is 3. The fourth-order valence-corrected chi connectivity index (χ4v) is 3.31. The summed E-state index contributed by atoms with van der Waals surface area (Å²) in [5.74, 6) is -1.11. The molecule has 1 aromatic carbocycles. The zero-order valence-corrected chi connectivity index (χ0v) is 11.5. The number of carboxylic acids is 1. The van der Waals surface area contributed by atoms with Gasteiger partial charge in [0, 0.05) is 11.1 Å². The van der Waals surface area contributed by atoms with Gasteiger partial charge in [-0.3, -0.25) is 0 Å². The Kier molecular flexibility index (Phi) is 3.19. The molecule has 0 aliphatic heterocycles. The Bertz CT molecular complexity index is 667. The Morgan fingerprint density at radius 1 is 1.32 bits per heavy atom. The lowest BCUT2D eigenvalue weighted by atomic mass is 10.1. The second-order valence-corrected chi connectivity index (χ2v) is 5.90. The summed E-state index contributed by atoms with van der Waals surface area (Å²) < 4.78 is 0. The molecule has 0 amide bonds. The topological polar surface area (TPSA) is 53.0 Å². The van der Waals surface area contributed by atoms with E-state index in [-0.39, 0.29) is 5.75 Å². The molecule has 98 valence electrons. The zero-order chi connectivity index (χ0) is 13.4. The minimum atomic E-state index is -1.06. The van der Waals surface area contributed by atoms with Crippen molar-refractivity contribution in [2.75, 3.05) is 5.75 Å². The number of aryl methyl sites for hydroxylation is 3. The number of fused-ring (bicyclic) bond motifs is 2. The molecular weight excluding hydrogens is 258 g/mol. The second-order valence-electron chi connectivity index (χ2n) is 4.94. The number of carboxylic acid groups (broad SMARTS) is 1. The number of hydrogen-bond acceptors (Lipinski definition) is 4. The number of pyridine rings is 1. The molecule has 1 aliphatic carbocycles. The first-order chi connectivity index (χ1) is 9.13. The van der Waals surface area contributed by atoms with Crippen LogP contribution in [0, 0.1) is 6.92 Å². The predicted molar refractivity (Wildman–Crippen MR) is 74.2 cm³/mol. The summed E-state index contributed by atoms with van der Waals surface area (Å²) in [6.07, 6.45) is 3.50. The maximum absolute atomic E-state index is 10.5. The van der Waals surface area contributed by atoms with Crippen LogP contribution in [0.25, 0.3) is 10.9 Å². The van der Waals surface area contributed by atoms with E-state index in [4.69, 9.17) is 0 Å². The van der Waals surface area contributed by atoms with Gasteiger partial charge in [0.15, 0.2) is 0 Å².